The summed E-state index contributed by atoms with van der Waals surface area (Å²) in [7, 11) is -0.611. The number of aliphatic hydroxyl groups is 1. The molecule has 0 saturated carbocycles. The van der Waals surface area contributed by atoms with Gasteiger partial charge in [0, 0.05) is 19.8 Å². The molecule has 0 unspecified atom stereocenters. The molecule has 1 aliphatic rings. The van der Waals surface area contributed by atoms with Crippen LogP contribution in [0.1, 0.15) is 23.3 Å². The number of aryl methyl sites for hydroxylation is 1. The van der Waals surface area contributed by atoms with Crippen LogP contribution in [0, 0.1) is 0 Å². The molecule has 8 heteroatoms. The van der Waals surface area contributed by atoms with Crippen LogP contribution in [0.3, 0.4) is 0 Å². The van der Waals surface area contributed by atoms with E-state index in [2.05, 4.69) is 4.72 Å². The Morgan fingerprint density at radius 1 is 1.55 bits per heavy atom. The largest absolute Gasteiger partial charge is 0.394 e. The minimum Gasteiger partial charge on any atom is -0.394 e. The third-order valence-corrected chi connectivity index (χ3v) is 5.01. The van der Waals surface area contributed by atoms with Gasteiger partial charge < -0.3 is 14.6 Å². The van der Waals surface area contributed by atoms with Crippen LogP contribution in [0.5, 0.6) is 0 Å². The van der Waals surface area contributed by atoms with Gasteiger partial charge in [0.2, 0.25) is 10.0 Å². The molecular formula is C12H19N3O4S. The number of likely N-dealkylation sites (tertiary alicyclic amines) is 1. The van der Waals surface area contributed by atoms with Gasteiger partial charge in [-0.1, -0.05) is 0 Å². The Kier molecular flexibility index (Phi) is 4.17. The van der Waals surface area contributed by atoms with Crippen LogP contribution in [0.4, 0.5) is 0 Å². The Balaban J connectivity index is 2.32. The minimum atomic E-state index is -3.57. The molecule has 2 heterocycles. The van der Waals surface area contributed by atoms with Crippen LogP contribution in [-0.2, 0) is 17.1 Å². The van der Waals surface area contributed by atoms with Crippen molar-refractivity contribution in [3.05, 3.63) is 18.0 Å². The summed E-state index contributed by atoms with van der Waals surface area (Å²) in [4.78, 5) is 14.1. The highest BCUT2D eigenvalue weighted by Gasteiger charge is 2.31. The first-order valence-electron chi connectivity index (χ1n) is 6.42. The number of carbonyl (C=O) groups is 1. The lowest BCUT2D eigenvalue weighted by atomic mass is 10.2. The highest BCUT2D eigenvalue weighted by molar-refractivity contribution is 7.89. The highest BCUT2D eigenvalue weighted by atomic mass is 32.2. The van der Waals surface area contributed by atoms with Crippen molar-refractivity contribution < 1.29 is 18.3 Å². The monoisotopic (exact) mass is 301 g/mol. The van der Waals surface area contributed by atoms with Gasteiger partial charge in [0.1, 0.15) is 10.6 Å². The maximum atomic E-state index is 12.4. The van der Waals surface area contributed by atoms with Crippen molar-refractivity contribution >= 4 is 15.9 Å². The van der Waals surface area contributed by atoms with Gasteiger partial charge in [-0.2, -0.15) is 0 Å². The van der Waals surface area contributed by atoms with Gasteiger partial charge >= 0.3 is 0 Å². The van der Waals surface area contributed by atoms with Crippen LogP contribution in [0.15, 0.2) is 17.2 Å². The lowest BCUT2D eigenvalue weighted by Gasteiger charge is -2.23. The first-order chi connectivity index (χ1) is 9.40. The van der Waals surface area contributed by atoms with E-state index in [0.717, 1.165) is 12.8 Å². The SMILES string of the molecule is CNS(=O)(=O)c1cc(C(=O)N2CCC[C@@H]2CO)n(C)c1. The second kappa shape index (κ2) is 5.55. The number of aliphatic hydroxyl groups excluding tert-OH is 1. The summed E-state index contributed by atoms with van der Waals surface area (Å²) in [5.74, 6) is -0.249. The number of nitrogens with zero attached hydrogens (tertiary/aromatic N) is 2. The molecule has 0 aromatic carbocycles. The average Bonchev–Trinajstić information content (AvgIpc) is 3.04. The first kappa shape index (κ1) is 15.0. The van der Waals surface area contributed by atoms with Crippen LogP contribution < -0.4 is 4.72 Å². The fraction of sp³-hybridized carbons (Fsp3) is 0.583. The zero-order valence-electron chi connectivity index (χ0n) is 11.5. The summed E-state index contributed by atoms with van der Waals surface area (Å²) in [6, 6.07) is 1.18. The normalized spacial score (nSPS) is 19.6. The van der Waals surface area contributed by atoms with E-state index in [1.807, 2.05) is 0 Å². The Morgan fingerprint density at radius 2 is 2.25 bits per heavy atom. The second-order valence-corrected chi connectivity index (χ2v) is 6.74. The minimum absolute atomic E-state index is 0.0607. The Labute approximate surface area is 118 Å². The molecule has 1 aliphatic heterocycles. The molecule has 20 heavy (non-hydrogen) atoms. The number of hydrogen-bond donors (Lipinski definition) is 2. The fourth-order valence-corrected chi connectivity index (χ4v) is 3.25. The number of nitrogens with one attached hydrogen (secondary N) is 1. The molecule has 0 aliphatic carbocycles. The van der Waals surface area contributed by atoms with E-state index in [1.54, 1.807) is 11.9 Å². The number of sulfonamides is 1. The van der Waals surface area contributed by atoms with E-state index in [4.69, 9.17) is 0 Å². The first-order valence-corrected chi connectivity index (χ1v) is 7.90. The predicted molar refractivity (Wildman–Crippen MR) is 72.8 cm³/mol. The molecule has 0 spiro atoms. The van der Waals surface area contributed by atoms with Gasteiger partial charge in [0.05, 0.1) is 12.6 Å². The summed E-state index contributed by atoms with van der Waals surface area (Å²) in [6.45, 7) is 0.515. The maximum absolute atomic E-state index is 12.4. The van der Waals surface area contributed by atoms with Crippen LogP contribution in [0.25, 0.3) is 0 Å². The van der Waals surface area contributed by atoms with E-state index in [9.17, 15) is 18.3 Å². The summed E-state index contributed by atoms with van der Waals surface area (Å²) < 4.78 is 27.2. The van der Waals surface area contributed by atoms with Gasteiger partial charge in [-0.25, -0.2) is 13.1 Å². The van der Waals surface area contributed by atoms with Gasteiger partial charge in [0.15, 0.2) is 0 Å². The van der Waals surface area contributed by atoms with Gasteiger partial charge in [-0.15, -0.1) is 0 Å². The zero-order valence-corrected chi connectivity index (χ0v) is 12.4. The molecule has 1 amide bonds. The molecule has 112 valence electrons. The third kappa shape index (κ3) is 2.58. The molecule has 1 aromatic rings. The van der Waals surface area contributed by atoms with Gasteiger partial charge in [0.25, 0.3) is 5.91 Å². The van der Waals surface area contributed by atoms with Crippen LogP contribution >= 0.6 is 0 Å². The Hall–Kier alpha value is -1.38. The molecule has 7 nitrogen and oxygen atoms in total. The molecule has 1 atom stereocenters. The van der Waals surface area contributed by atoms with Gasteiger partial charge in [-0.05, 0) is 26.0 Å². The lowest BCUT2D eigenvalue weighted by Crippen LogP contribution is -2.38. The van der Waals surface area contributed by atoms with Crippen molar-refractivity contribution in [3.8, 4) is 0 Å². The molecule has 2 rings (SSSR count). The maximum Gasteiger partial charge on any atom is 0.270 e. The molecular weight excluding hydrogens is 282 g/mol. The van der Waals surface area contributed by atoms with E-state index in [-0.39, 0.29) is 23.5 Å². The van der Waals surface area contributed by atoms with Crippen molar-refractivity contribution in [2.45, 2.75) is 23.8 Å². The lowest BCUT2D eigenvalue weighted by molar-refractivity contribution is 0.0668. The zero-order chi connectivity index (χ0) is 14.9. The standard InChI is InChI=1S/C12H19N3O4S/c1-13-20(18,19)10-6-11(14(2)7-10)12(17)15-5-3-4-9(15)8-16/h6-7,9,13,16H,3-5,8H2,1-2H3/t9-/m1/s1. The number of hydrogen-bond acceptors (Lipinski definition) is 4. The quantitative estimate of drug-likeness (QED) is 0.786. The smallest absolute Gasteiger partial charge is 0.270 e. The van der Waals surface area contributed by atoms with Crippen molar-refractivity contribution in [3.63, 3.8) is 0 Å². The van der Waals surface area contributed by atoms with E-state index >= 15 is 0 Å². The number of rotatable bonds is 4. The van der Waals surface area contributed by atoms with Crippen molar-refractivity contribution in [1.82, 2.24) is 14.2 Å². The number of aromatic nitrogens is 1. The van der Waals surface area contributed by atoms with Gasteiger partial charge in [-0.3, -0.25) is 4.79 Å². The molecule has 0 bridgehead atoms. The van der Waals surface area contributed by atoms with Crippen molar-refractivity contribution in [2.24, 2.45) is 7.05 Å². The van der Waals surface area contributed by atoms with Crippen molar-refractivity contribution in [2.75, 3.05) is 20.2 Å². The van der Waals surface area contributed by atoms with Crippen LogP contribution in [0.2, 0.25) is 0 Å². The number of amides is 1. The van der Waals surface area contributed by atoms with E-state index < -0.39 is 10.0 Å². The van der Waals surface area contributed by atoms with E-state index in [1.165, 1.54) is 23.9 Å². The Morgan fingerprint density at radius 3 is 2.85 bits per heavy atom. The molecule has 1 fully saturated rings. The van der Waals surface area contributed by atoms with Crippen molar-refractivity contribution in [1.29, 1.82) is 0 Å². The summed E-state index contributed by atoms with van der Waals surface area (Å²) in [5, 5.41) is 9.27. The fourth-order valence-electron chi connectivity index (χ4n) is 2.45. The second-order valence-electron chi connectivity index (χ2n) is 4.86. The molecule has 0 radical (unpaired) electrons. The third-order valence-electron chi connectivity index (χ3n) is 3.63. The summed E-state index contributed by atoms with van der Waals surface area (Å²) in [5.41, 5.74) is 0.305. The Bertz CT molecular complexity index is 608. The molecule has 1 saturated heterocycles. The number of carbonyl (C=O) groups excluding carboxylic acids is 1. The molecule has 2 N–H and O–H groups in total. The topological polar surface area (TPSA) is 91.6 Å². The van der Waals surface area contributed by atoms with Crippen LogP contribution in [-0.4, -0.2) is 55.1 Å². The molecule has 1 aromatic heterocycles. The summed E-state index contributed by atoms with van der Waals surface area (Å²) >= 11 is 0. The predicted octanol–water partition coefficient (Wildman–Crippen LogP) is -0.470. The average molecular weight is 301 g/mol. The summed E-state index contributed by atoms with van der Waals surface area (Å²) in [6.07, 6.45) is 3.03. The van der Waals surface area contributed by atoms with E-state index in [0.29, 0.717) is 12.2 Å². The highest BCUT2D eigenvalue weighted by Crippen LogP contribution is 2.21.